The first-order valence-electron chi connectivity index (χ1n) is 9.79. The fraction of sp³-hybridized carbons (Fsp3) is 0.474. The number of aromatic nitrogens is 3. The third-order valence-corrected chi connectivity index (χ3v) is 6.52. The number of hydrogen-bond acceptors (Lipinski definition) is 8. The molecule has 10 heteroatoms. The van der Waals surface area contributed by atoms with Gasteiger partial charge < -0.3 is 10.0 Å². The number of piperazine rings is 1. The predicted octanol–water partition coefficient (Wildman–Crippen LogP) is 2.69. The number of thiazole rings is 1. The van der Waals surface area contributed by atoms with Gasteiger partial charge in [0.05, 0.1) is 15.8 Å². The highest BCUT2D eigenvalue weighted by Gasteiger charge is 2.31. The van der Waals surface area contributed by atoms with Gasteiger partial charge in [-0.25, -0.2) is 4.98 Å². The number of nitro groups is 1. The van der Waals surface area contributed by atoms with Crippen LogP contribution >= 0.6 is 11.3 Å². The van der Waals surface area contributed by atoms with Crippen LogP contribution in [0, 0.1) is 10.1 Å². The van der Waals surface area contributed by atoms with Gasteiger partial charge in [-0.1, -0.05) is 37.3 Å². The largest absolute Gasteiger partial charge is 0.492 e. The molecule has 9 nitrogen and oxygen atoms in total. The molecule has 1 aliphatic rings. The van der Waals surface area contributed by atoms with Gasteiger partial charge in [0.1, 0.15) is 0 Å². The van der Waals surface area contributed by atoms with Crippen molar-refractivity contribution in [3.63, 3.8) is 0 Å². The van der Waals surface area contributed by atoms with Crippen LogP contribution in [0.3, 0.4) is 0 Å². The molecule has 4 rings (SSSR count). The van der Waals surface area contributed by atoms with E-state index in [-0.39, 0.29) is 17.6 Å². The predicted molar refractivity (Wildman–Crippen MR) is 111 cm³/mol. The number of likely N-dealkylation sites (N-methyl/N-ethyl adjacent to an activating group) is 1. The molecular formula is C19H24N6O3S. The summed E-state index contributed by atoms with van der Waals surface area (Å²) in [5, 5.41) is 26.4. The topological polar surface area (TPSA) is 100 Å². The van der Waals surface area contributed by atoms with Crippen LogP contribution in [0.25, 0.3) is 4.96 Å². The summed E-state index contributed by atoms with van der Waals surface area (Å²) in [4.78, 5) is 21.3. The Labute approximate surface area is 172 Å². The Morgan fingerprint density at radius 1 is 1.21 bits per heavy atom. The molecular weight excluding hydrogens is 392 g/mol. The normalized spacial score (nSPS) is 17.0. The van der Waals surface area contributed by atoms with Crippen LogP contribution in [0.5, 0.6) is 5.88 Å². The number of nitrogens with zero attached hydrogens (tertiary/aromatic N) is 6. The van der Waals surface area contributed by atoms with Gasteiger partial charge in [0.15, 0.2) is 5.82 Å². The molecule has 0 radical (unpaired) electrons. The summed E-state index contributed by atoms with van der Waals surface area (Å²) in [5.74, 6) is 0.792. The highest BCUT2D eigenvalue weighted by molar-refractivity contribution is 7.17. The van der Waals surface area contributed by atoms with E-state index in [9.17, 15) is 15.2 Å². The third-order valence-electron chi connectivity index (χ3n) is 5.45. The SMILES string of the molecule is CCc1nc2sc(C(c3ccc([N+](=O)[O-])cc3)N3CCN(CC)CC3)c(O)n2n1. The molecule has 0 amide bonds. The minimum atomic E-state index is -0.397. The van der Waals surface area contributed by atoms with Crippen molar-refractivity contribution in [1.29, 1.82) is 0 Å². The van der Waals surface area contributed by atoms with Crippen molar-refractivity contribution in [2.45, 2.75) is 26.3 Å². The molecule has 3 aromatic rings. The maximum absolute atomic E-state index is 11.1. The lowest BCUT2D eigenvalue weighted by atomic mass is 10.0. The lowest BCUT2D eigenvalue weighted by Crippen LogP contribution is -2.47. The van der Waals surface area contributed by atoms with Crippen LogP contribution < -0.4 is 0 Å². The molecule has 2 aromatic heterocycles. The Morgan fingerprint density at radius 3 is 2.45 bits per heavy atom. The molecule has 1 N–H and O–H groups in total. The summed E-state index contributed by atoms with van der Waals surface area (Å²) in [7, 11) is 0. The Kier molecular flexibility index (Phi) is 5.48. The molecule has 0 bridgehead atoms. The van der Waals surface area contributed by atoms with Crippen molar-refractivity contribution in [3.8, 4) is 5.88 Å². The fourth-order valence-corrected chi connectivity index (χ4v) is 4.90. The van der Waals surface area contributed by atoms with E-state index in [0.717, 1.165) is 43.2 Å². The van der Waals surface area contributed by atoms with Crippen LogP contribution in [0.4, 0.5) is 5.69 Å². The van der Waals surface area contributed by atoms with E-state index in [0.29, 0.717) is 17.2 Å². The second-order valence-electron chi connectivity index (χ2n) is 7.09. The van der Waals surface area contributed by atoms with E-state index < -0.39 is 4.92 Å². The number of nitro benzene ring substituents is 1. The van der Waals surface area contributed by atoms with Gasteiger partial charge in [0, 0.05) is 44.7 Å². The molecule has 1 aromatic carbocycles. The summed E-state index contributed by atoms with van der Waals surface area (Å²) in [6, 6.07) is 6.40. The molecule has 154 valence electrons. The first kappa shape index (κ1) is 19.7. The summed E-state index contributed by atoms with van der Waals surface area (Å²) in [5.41, 5.74) is 0.971. The van der Waals surface area contributed by atoms with Crippen molar-refractivity contribution < 1.29 is 10.0 Å². The van der Waals surface area contributed by atoms with E-state index in [1.807, 2.05) is 6.92 Å². The molecule has 1 aliphatic heterocycles. The zero-order valence-corrected chi connectivity index (χ0v) is 17.3. The Hall–Kier alpha value is -2.56. The molecule has 1 unspecified atom stereocenters. The molecule has 3 heterocycles. The Morgan fingerprint density at radius 2 is 1.90 bits per heavy atom. The second kappa shape index (κ2) is 8.05. The van der Waals surface area contributed by atoms with E-state index in [4.69, 9.17) is 0 Å². The highest BCUT2D eigenvalue weighted by Crippen LogP contribution is 2.40. The Bertz CT molecular complexity index is 1010. The molecule has 1 saturated heterocycles. The molecule has 0 spiro atoms. The summed E-state index contributed by atoms with van der Waals surface area (Å²) < 4.78 is 1.50. The summed E-state index contributed by atoms with van der Waals surface area (Å²) in [6.45, 7) is 8.73. The first-order chi connectivity index (χ1) is 14.0. The monoisotopic (exact) mass is 416 g/mol. The maximum Gasteiger partial charge on any atom is 0.269 e. The van der Waals surface area contributed by atoms with E-state index in [1.54, 1.807) is 12.1 Å². The quantitative estimate of drug-likeness (QED) is 0.487. The van der Waals surface area contributed by atoms with Crippen LogP contribution in [0.1, 0.15) is 36.2 Å². The van der Waals surface area contributed by atoms with Crippen molar-refractivity contribution in [2.24, 2.45) is 0 Å². The van der Waals surface area contributed by atoms with E-state index in [1.165, 1.54) is 28.0 Å². The maximum atomic E-state index is 11.1. The smallest absolute Gasteiger partial charge is 0.269 e. The number of fused-ring (bicyclic) bond motifs is 1. The van der Waals surface area contributed by atoms with Crippen molar-refractivity contribution in [3.05, 3.63) is 50.6 Å². The number of rotatable bonds is 6. The number of aryl methyl sites for hydroxylation is 1. The van der Waals surface area contributed by atoms with E-state index >= 15 is 0 Å². The van der Waals surface area contributed by atoms with Gasteiger partial charge in [-0.3, -0.25) is 15.0 Å². The third kappa shape index (κ3) is 3.70. The van der Waals surface area contributed by atoms with Gasteiger partial charge in [-0.2, -0.15) is 4.52 Å². The Balaban J connectivity index is 1.74. The standard InChI is InChI=1S/C19H24N6O3S/c1-3-15-20-19-24(21-15)18(26)17(29-19)16(23-11-9-22(4-2)10-12-23)13-5-7-14(8-6-13)25(27)28/h5-8,16,26H,3-4,9-12H2,1-2H3. The number of aromatic hydroxyl groups is 1. The fourth-order valence-electron chi connectivity index (χ4n) is 3.76. The number of non-ortho nitro benzene ring substituents is 1. The minimum Gasteiger partial charge on any atom is -0.492 e. The molecule has 0 aliphatic carbocycles. The van der Waals surface area contributed by atoms with Crippen LogP contribution in [-0.2, 0) is 6.42 Å². The first-order valence-corrected chi connectivity index (χ1v) is 10.6. The van der Waals surface area contributed by atoms with Crippen molar-refractivity contribution in [2.75, 3.05) is 32.7 Å². The van der Waals surface area contributed by atoms with Crippen molar-refractivity contribution >= 4 is 22.0 Å². The zero-order chi connectivity index (χ0) is 20.5. The van der Waals surface area contributed by atoms with Gasteiger partial charge in [-0.15, -0.1) is 5.10 Å². The molecule has 1 fully saturated rings. The van der Waals surface area contributed by atoms with Gasteiger partial charge in [0.2, 0.25) is 10.8 Å². The molecule has 1 atom stereocenters. The van der Waals surface area contributed by atoms with Crippen molar-refractivity contribution in [1.82, 2.24) is 24.4 Å². The zero-order valence-electron chi connectivity index (χ0n) is 16.5. The number of hydrogen-bond donors (Lipinski definition) is 1. The lowest BCUT2D eigenvalue weighted by molar-refractivity contribution is -0.384. The summed E-state index contributed by atoms with van der Waals surface area (Å²) in [6.07, 6.45) is 0.702. The second-order valence-corrected chi connectivity index (χ2v) is 8.10. The minimum absolute atomic E-state index is 0.0581. The average molecular weight is 417 g/mol. The summed E-state index contributed by atoms with van der Waals surface area (Å²) >= 11 is 1.42. The van der Waals surface area contributed by atoms with Gasteiger partial charge in [-0.05, 0) is 12.1 Å². The lowest BCUT2D eigenvalue weighted by Gasteiger charge is -2.38. The highest BCUT2D eigenvalue weighted by atomic mass is 32.1. The average Bonchev–Trinajstić information content (AvgIpc) is 3.28. The van der Waals surface area contributed by atoms with Crippen LogP contribution in [0.15, 0.2) is 24.3 Å². The molecule has 0 saturated carbocycles. The van der Waals surface area contributed by atoms with E-state index in [2.05, 4.69) is 26.8 Å². The van der Waals surface area contributed by atoms with Gasteiger partial charge in [0.25, 0.3) is 5.69 Å². The van der Waals surface area contributed by atoms with Gasteiger partial charge >= 0.3 is 0 Å². The number of benzene rings is 1. The van der Waals surface area contributed by atoms with Crippen LogP contribution in [0.2, 0.25) is 0 Å². The van der Waals surface area contributed by atoms with Crippen LogP contribution in [-0.4, -0.2) is 67.2 Å². The molecule has 29 heavy (non-hydrogen) atoms.